The van der Waals surface area contributed by atoms with Gasteiger partial charge < -0.3 is 11.1 Å². The van der Waals surface area contributed by atoms with Crippen LogP contribution in [0, 0.1) is 5.92 Å². The first-order valence-electron chi connectivity index (χ1n) is 10.6. The fourth-order valence-electron chi connectivity index (χ4n) is 2.95. The van der Waals surface area contributed by atoms with E-state index in [1.165, 1.54) is 83.5 Å². The van der Waals surface area contributed by atoms with Crippen molar-refractivity contribution in [1.29, 1.82) is 0 Å². The van der Waals surface area contributed by atoms with E-state index in [9.17, 15) is 4.79 Å². The van der Waals surface area contributed by atoms with Gasteiger partial charge in [-0.3, -0.25) is 4.79 Å². The van der Waals surface area contributed by atoms with Crippen molar-refractivity contribution >= 4 is 5.91 Å². The third-order valence-electron chi connectivity index (χ3n) is 4.85. The molecule has 0 aliphatic carbocycles. The summed E-state index contributed by atoms with van der Waals surface area (Å²) in [5.41, 5.74) is 5.81. The van der Waals surface area contributed by atoms with Crippen LogP contribution in [0.25, 0.3) is 0 Å². The van der Waals surface area contributed by atoms with Gasteiger partial charge in [0.25, 0.3) is 0 Å². The molecule has 144 valence electrons. The van der Waals surface area contributed by atoms with Crippen molar-refractivity contribution < 1.29 is 4.79 Å². The van der Waals surface area contributed by atoms with E-state index in [2.05, 4.69) is 12.2 Å². The summed E-state index contributed by atoms with van der Waals surface area (Å²) in [6.45, 7) is 7.02. The molecular formula is C21H44N2O. The van der Waals surface area contributed by atoms with Crippen molar-refractivity contribution in [2.24, 2.45) is 11.7 Å². The van der Waals surface area contributed by atoms with Gasteiger partial charge in [-0.25, -0.2) is 0 Å². The number of nitrogens with one attached hydrogen (secondary N) is 1. The lowest BCUT2D eigenvalue weighted by Gasteiger charge is -2.15. The van der Waals surface area contributed by atoms with E-state index in [4.69, 9.17) is 5.73 Å². The lowest BCUT2D eigenvalue weighted by atomic mass is 10.0. The Balaban J connectivity index is 3.17. The van der Waals surface area contributed by atoms with E-state index in [1.54, 1.807) is 0 Å². The molecule has 3 nitrogen and oxygen atoms in total. The maximum absolute atomic E-state index is 11.7. The van der Waals surface area contributed by atoms with Crippen LogP contribution in [0.1, 0.15) is 111 Å². The Labute approximate surface area is 151 Å². The molecular weight excluding hydrogens is 296 g/mol. The molecule has 0 aliphatic rings. The lowest BCUT2D eigenvalue weighted by Crippen LogP contribution is -2.44. The minimum absolute atomic E-state index is 0.000283. The average molecular weight is 341 g/mol. The molecule has 0 radical (unpaired) electrons. The van der Waals surface area contributed by atoms with Gasteiger partial charge in [-0.2, -0.15) is 0 Å². The number of carbonyl (C=O) groups excluding carboxylic acids is 1. The molecule has 1 atom stereocenters. The van der Waals surface area contributed by atoms with E-state index >= 15 is 0 Å². The second-order valence-corrected chi connectivity index (χ2v) is 7.66. The van der Waals surface area contributed by atoms with Crippen LogP contribution in [0.2, 0.25) is 0 Å². The molecule has 1 amide bonds. The van der Waals surface area contributed by atoms with Crippen molar-refractivity contribution in [3.05, 3.63) is 0 Å². The van der Waals surface area contributed by atoms with Crippen LogP contribution in [0.15, 0.2) is 0 Å². The van der Waals surface area contributed by atoms with Crippen LogP contribution in [-0.4, -0.2) is 18.5 Å². The molecule has 0 saturated carbocycles. The fourth-order valence-corrected chi connectivity index (χ4v) is 2.95. The van der Waals surface area contributed by atoms with E-state index < -0.39 is 0 Å². The molecule has 3 N–H and O–H groups in total. The molecule has 0 aromatic rings. The number of unbranched alkanes of at least 4 members (excludes halogenated alkanes) is 13. The van der Waals surface area contributed by atoms with E-state index in [1.807, 2.05) is 13.8 Å². The largest absolute Gasteiger partial charge is 0.355 e. The van der Waals surface area contributed by atoms with Gasteiger partial charge in [-0.1, -0.05) is 104 Å². The van der Waals surface area contributed by atoms with E-state index in [0.29, 0.717) is 0 Å². The van der Waals surface area contributed by atoms with Gasteiger partial charge in [0.2, 0.25) is 5.91 Å². The summed E-state index contributed by atoms with van der Waals surface area (Å²) in [6.07, 6.45) is 19.0. The van der Waals surface area contributed by atoms with Gasteiger partial charge in [-0.05, 0) is 12.3 Å². The molecule has 0 rings (SSSR count). The van der Waals surface area contributed by atoms with Crippen LogP contribution >= 0.6 is 0 Å². The van der Waals surface area contributed by atoms with Crippen LogP contribution in [0.4, 0.5) is 0 Å². The first-order valence-corrected chi connectivity index (χ1v) is 10.6. The van der Waals surface area contributed by atoms with Gasteiger partial charge in [-0.15, -0.1) is 0 Å². The van der Waals surface area contributed by atoms with E-state index in [-0.39, 0.29) is 17.9 Å². The van der Waals surface area contributed by atoms with Gasteiger partial charge in [0.15, 0.2) is 0 Å². The summed E-state index contributed by atoms with van der Waals surface area (Å²) in [5, 5.41) is 2.94. The molecule has 0 fully saturated rings. The average Bonchev–Trinajstić information content (AvgIpc) is 2.57. The summed E-state index contributed by atoms with van der Waals surface area (Å²) >= 11 is 0. The predicted molar refractivity (Wildman–Crippen MR) is 106 cm³/mol. The van der Waals surface area contributed by atoms with Crippen molar-refractivity contribution in [3.8, 4) is 0 Å². The number of rotatable bonds is 17. The quantitative estimate of drug-likeness (QED) is 0.340. The summed E-state index contributed by atoms with van der Waals surface area (Å²) in [6, 6.07) is -0.364. The normalized spacial score (nSPS) is 12.5. The molecule has 0 aliphatic heterocycles. The zero-order valence-electron chi connectivity index (χ0n) is 16.7. The number of carbonyl (C=O) groups is 1. The van der Waals surface area contributed by atoms with Crippen molar-refractivity contribution in [3.63, 3.8) is 0 Å². The second-order valence-electron chi connectivity index (χ2n) is 7.66. The zero-order valence-corrected chi connectivity index (χ0v) is 16.7. The Morgan fingerprint density at radius 3 is 1.50 bits per heavy atom. The summed E-state index contributed by atoms with van der Waals surface area (Å²) in [5.74, 6) is 0.209. The molecule has 0 aromatic carbocycles. The molecule has 24 heavy (non-hydrogen) atoms. The highest BCUT2D eigenvalue weighted by Crippen LogP contribution is 2.12. The van der Waals surface area contributed by atoms with Gasteiger partial charge in [0.1, 0.15) is 0 Å². The molecule has 0 heterocycles. The number of hydrogen-bond donors (Lipinski definition) is 2. The third kappa shape index (κ3) is 15.0. The number of nitrogens with two attached hydrogens (primary N) is 1. The van der Waals surface area contributed by atoms with Gasteiger partial charge in [0.05, 0.1) is 6.04 Å². The molecule has 3 heteroatoms. The van der Waals surface area contributed by atoms with Gasteiger partial charge in [0, 0.05) is 6.54 Å². The van der Waals surface area contributed by atoms with Crippen LogP contribution < -0.4 is 11.1 Å². The summed E-state index contributed by atoms with van der Waals surface area (Å²) < 4.78 is 0. The highest BCUT2D eigenvalue weighted by molar-refractivity contribution is 5.81. The molecule has 0 spiro atoms. The monoisotopic (exact) mass is 340 g/mol. The van der Waals surface area contributed by atoms with Gasteiger partial charge >= 0.3 is 0 Å². The first kappa shape index (κ1) is 23.4. The second kappa shape index (κ2) is 17.3. The standard InChI is InChI=1S/C21H44N2O/c1-4-5-6-7-8-9-10-11-12-13-14-15-16-17-18-23-21(24)20(22)19(2)3/h19-20H,4-18,22H2,1-3H3,(H,23,24)/t20-/m0/s1. The fraction of sp³-hybridized carbons (Fsp3) is 0.952. The number of hydrogen-bond acceptors (Lipinski definition) is 2. The van der Waals surface area contributed by atoms with Crippen LogP contribution in [-0.2, 0) is 4.79 Å². The zero-order chi connectivity index (χ0) is 18.0. The summed E-state index contributed by atoms with van der Waals surface area (Å²) in [4.78, 5) is 11.7. The highest BCUT2D eigenvalue weighted by Gasteiger charge is 2.15. The van der Waals surface area contributed by atoms with Crippen molar-refractivity contribution in [1.82, 2.24) is 5.32 Å². The molecule has 0 aromatic heterocycles. The molecule has 0 saturated heterocycles. The maximum atomic E-state index is 11.7. The maximum Gasteiger partial charge on any atom is 0.237 e. The Bertz CT molecular complexity index is 279. The smallest absolute Gasteiger partial charge is 0.237 e. The third-order valence-corrected chi connectivity index (χ3v) is 4.85. The van der Waals surface area contributed by atoms with Crippen molar-refractivity contribution in [2.45, 2.75) is 117 Å². The topological polar surface area (TPSA) is 55.1 Å². The Hall–Kier alpha value is -0.570. The Kier molecular flexibility index (Phi) is 16.8. The minimum Gasteiger partial charge on any atom is -0.355 e. The summed E-state index contributed by atoms with van der Waals surface area (Å²) in [7, 11) is 0. The van der Waals surface area contributed by atoms with Crippen molar-refractivity contribution in [2.75, 3.05) is 6.54 Å². The van der Waals surface area contributed by atoms with Crippen LogP contribution in [0.5, 0.6) is 0 Å². The predicted octanol–water partition coefficient (Wildman–Crippen LogP) is 5.57. The highest BCUT2D eigenvalue weighted by atomic mass is 16.2. The molecule has 0 bridgehead atoms. The molecule has 0 unspecified atom stereocenters. The lowest BCUT2D eigenvalue weighted by molar-refractivity contribution is -0.123. The van der Waals surface area contributed by atoms with Crippen LogP contribution in [0.3, 0.4) is 0 Å². The Morgan fingerprint density at radius 2 is 1.12 bits per heavy atom. The van der Waals surface area contributed by atoms with E-state index in [0.717, 1.165) is 13.0 Å². The Morgan fingerprint density at radius 1 is 0.750 bits per heavy atom. The first-order chi connectivity index (χ1) is 11.6. The SMILES string of the molecule is CCCCCCCCCCCCCCCCNC(=O)[C@@H](N)C(C)C. The minimum atomic E-state index is -0.364. The number of amides is 1.